The van der Waals surface area contributed by atoms with Crippen molar-refractivity contribution >= 4 is 38.5 Å². The van der Waals surface area contributed by atoms with Gasteiger partial charge in [-0.1, -0.05) is 6.92 Å². The van der Waals surface area contributed by atoms with Crippen molar-refractivity contribution in [1.82, 2.24) is 0 Å². The zero-order chi connectivity index (χ0) is 9.07. The van der Waals surface area contributed by atoms with Gasteiger partial charge in [-0.25, -0.2) is 4.39 Å². The third kappa shape index (κ3) is 4.62. The summed E-state index contributed by atoms with van der Waals surface area (Å²) < 4.78 is 17.6. The molecule has 4 heteroatoms. The molecule has 0 aromatic heterocycles. The average molecular weight is 339 g/mol. The second-order valence-corrected chi connectivity index (χ2v) is 6.87. The van der Waals surface area contributed by atoms with Crippen LogP contribution in [0.1, 0.15) is 27.2 Å². The van der Waals surface area contributed by atoms with Gasteiger partial charge in [-0.3, -0.25) is 0 Å². The predicted octanol–water partition coefficient (Wildman–Crippen LogP) is 3.64. The van der Waals surface area contributed by atoms with Crippen molar-refractivity contribution in [3.05, 3.63) is 0 Å². The van der Waals surface area contributed by atoms with Crippen molar-refractivity contribution in [2.75, 3.05) is 0 Å². The largest absolute Gasteiger partial charge is 0.349 e. The minimum absolute atomic E-state index is 0.0380. The fraction of sp³-hybridized carbons (Fsp3) is 1.00. The van der Waals surface area contributed by atoms with Crippen molar-refractivity contribution in [2.24, 2.45) is 0 Å². The van der Waals surface area contributed by atoms with Gasteiger partial charge >= 0.3 is 0 Å². The summed E-state index contributed by atoms with van der Waals surface area (Å²) in [5.41, 5.74) is 0. The molecule has 11 heavy (non-hydrogen) atoms. The van der Waals surface area contributed by atoms with E-state index in [4.69, 9.17) is 4.74 Å². The van der Waals surface area contributed by atoms with Gasteiger partial charge in [0.05, 0.1) is 6.10 Å². The predicted molar refractivity (Wildman–Crippen MR) is 57.1 cm³/mol. The summed E-state index contributed by atoms with van der Waals surface area (Å²) in [6.07, 6.45) is -0.470. The highest BCUT2D eigenvalue weighted by molar-refractivity contribution is 14.1. The molecule has 0 aliphatic carbocycles. The van der Waals surface area contributed by atoms with E-state index in [9.17, 15) is 4.39 Å². The van der Waals surface area contributed by atoms with Crippen molar-refractivity contribution in [1.29, 1.82) is 0 Å². The second kappa shape index (κ2) is 4.97. The lowest BCUT2D eigenvalue weighted by Gasteiger charge is -2.26. The van der Waals surface area contributed by atoms with Gasteiger partial charge < -0.3 is 4.74 Å². The minimum atomic E-state index is -0.967. The van der Waals surface area contributed by atoms with E-state index in [1.807, 2.05) is 36.4 Å². The van der Waals surface area contributed by atoms with Gasteiger partial charge in [-0.2, -0.15) is 0 Å². The summed E-state index contributed by atoms with van der Waals surface area (Å²) in [6.45, 7) is 5.57. The molecule has 2 atom stereocenters. The van der Waals surface area contributed by atoms with Gasteiger partial charge in [0.25, 0.3) is 0 Å². The standard InChI is InChI=1S/C7H13BrFIO/c1-4-6(9)7(8,10)11-5(2)3/h5-6H,4H2,1-3H3. The molecule has 0 rings (SSSR count). The zero-order valence-electron chi connectivity index (χ0n) is 6.90. The smallest absolute Gasteiger partial charge is 0.204 e. The molecule has 68 valence electrons. The Hall–Kier alpha value is 1.10. The Bertz CT molecular complexity index is 119. The fourth-order valence-electron chi connectivity index (χ4n) is 0.626. The summed E-state index contributed by atoms with van der Waals surface area (Å²) in [4.78, 5) is 0. The molecular weight excluding hydrogens is 326 g/mol. The Morgan fingerprint density at radius 3 is 2.36 bits per heavy atom. The summed E-state index contributed by atoms with van der Waals surface area (Å²) >= 11 is 5.13. The highest BCUT2D eigenvalue weighted by Crippen LogP contribution is 2.36. The topological polar surface area (TPSA) is 9.23 Å². The quantitative estimate of drug-likeness (QED) is 0.561. The Morgan fingerprint density at radius 1 is 1.64 bits per heavy atom. The third-order valence-electron chi connectivity index (χ3n) is 1.12. The number of hydrogen-bond acceptors (Lipinski definition) is 1. The van der Waals surface area contributed by atoms with E-state index in [2.05, 4.69) is 15.9 Å². The van der Waals surface area contributed by atoms with Crippen LogP contribution < -0.4 is 0 Å². The molecule has 0 radical (unpaired) electrons. The highest BCUT2D eigenvalue weighted by atomic mass is 127. The van der Waals surface area contributed by atoms with Crippen LogP contribution in [0, 0.1) is 0 Å². The zero-order valence-corrected chi connectivity index (χ0v) is 10.6. The monoisotopic (exact) mass is 338 g/mol. The molecule has 0 amide bonds. The average Bonchev–Trinajstić information content (AvgIpc) is 1.83. The summed E-state index contributed by atoms with van der Waals surface area (Å²) in [5, 5.41) is 0. The van der Waals surface area contributed by atoms with E-state index in [-0.39, 0.29) is 6.10 Å². The van der Waals surface area contributed by atoms with Crippen LogP contribution in [0.15, 0.2) is 0 Å². The number of alkyl halides is 3. The molecule has 1 nitrogen and oxygen atoms in total. The van der Waals surface area contributed by atoms with Crippen LogP contribution in [0.4, 0.5) is 4.39 Å². The van der Waals surface area contributed by atoms with E-state index in [1.54, 1.807) is 6.92 Å². The van der Waals surface area contributed by atoms with Gasteiger partial charge in [0.15, 0.2) is 0 Å². The first kappa shape index (κ1) is 12.1. The van der Waals surface area contributed by atoms with Crippen LogP contribution >= 0.6 is 38.5 Å². The lowest BCUT2D eigenvalue weighted by atomic mass is 10.3. The first-order valence-corrected chi connectivity index (χ1v) is 5.47. The number of rotatable bonds is 4. The maximum atomic E-state index is 13.1. The van der Waals surface area contributed by atoms with Crippen molar-refractivity contribution in [3.63, 3.8) is 0 Å². The Kier molecular flexibility index (Phi) is 5.46. The fourth-order valence-corrected chi connectivity index (χ4v) is 2.27. The van der Waals surface area contributed by atoms with E-state index < -0.39 is 8.69 Å². The van der Waals surface area contributed by atoms with Crippen LogP contribution in [-0.4, -0.2) is 14.8 Å². The number of halogens is 3. The third-order valence-corrected chi connectivity index (χ3v) is 2.73. The number of ether oxygens (including phenoxy) is 1. The second-order valence-electron chi connectivity index (χ2n) is 2.60. The lowest BCUT2D eigenvalue weighted by Crippen LogP contribution is -2.31. The van der Waals surface area contributed by atoms with E-state index in [0.29, 0.717) is 6.42 Å². The molecular formula is C7H13BrFIO. The van der Waals surface area contributed by atoms with Crippen molar-refractivity contribution in [2.45, 2.75) is 42.0 Å². The van der Waals surface area contributed by atoms with Gasteiger partial charge in [-0.05, 0) is 58.8 Å². The number of hydrogen-bond donors (Lipinski definition) is 0. The minimum Gasteiger partial charge on any atom is -0.349 e. The maximum Gasteiger partial charge on any atom is 0.204 e. The normalized spacial score (nSPS) is 19.9. The molecule has 0 saturated carbocycles. The highest BCUT2D eigenvalue weighted by Gasteiger charge is 2.34. The molecule has 0 aliphatic rings. The van der Waals surface area contributed by atoms with Gasteiger partial charge in [-0.15, -0.1) is 0 Å². The molecule has 0 aromatic rings. The van der Waals surface area contributed by atoms with Crippen molar-refractivity contribution in [3.8, 4) is 0 Å². The van der Waals surface area contributed by atoms with Gasteiger partial charge in [0.2, 0.25) is 2.52 Å². The van der Waals surface area contributed by atoms with E-state index >= 15 is 0 Å². The molecule has 0 fully saturated rings. The Labute approximate surface area is 89.3 Å². The molecule has 0 bridgehead atoms. The van der Waals surface area contributed by atoms with E-state index in [0.717, 1.165) is 0 Å². The molecule has 0 spiro atoms. The first-order valence-electron chi connectivity index (χ1n) is 3.59. The SMILES string of the molecule is CCC(F)C(Br)(I)OC(C)C. The van der Waals surface area contributed by atoms with Crippen LogP contribution in [0.2, 0.25) is 0 Å². The molecule has 0 saturated heterocycles. The van der Waals surface area contributed by atoms with E-state index in [1.165, 1.54) is 0 Å². The molecule has 0 aromatic carbocycles. The van der Waals surface area contributed by atoms with Crippen LogP contribution in [-0.2, 0) is 4.74 Å². The van der Waals surface area contributed by atoms with Crippen LogP contribution in [0.3, 0.4) is 0 Å². The van der Waals surface area contributed by atoms with Gasteiger partial charge in [0.1, 0.15) is 6.17 Å². The summed E-state index contributed by atoms with van der Waals surface area (Å²) in [5.74, 6) is 0. The molecule has 0 N–H and O–H groups in total. The lowest BCUT2D eigenvalue weighted by molar-refractivity contribution is 0.00802. The van der Waals surface area contributed by atoms with Crippen molar-refractivity contribution < 1.29 is 9.13 Å². The summed E-state index contributed by atoms with van der Waals surface area (Å²) in [7, 11) is 0. The maximum absolute atomic E-state index is 13.1. The Balaban J connectivity index is 3.98. The van der Waals surface area contributed by atoms with Gasteiger partial charge in [0, 0.05) is 0 Å². The molecule has 2 unspecified atom stereocenters. The molecule has 0 aliphatic heterocycles. The first-order chi connectivity index (χ1) is 4.90. The Morgan fingerprint density at radius 2 is 2.09 bits per heavy atom. The summed E-state index contributed by atoms with van der Waals surface area (Å²) in [6, 6.07) is 0. The van der Waals surface area contributed by atoms with Crippen LogP contribution in [0.25, 0.3) is 0 Å². The molecule has 0 heterocycles. The van der Waals surface area contributed by atoms with Crippen LogP contribution in [0.5, 0.6) is 0 Å².